The molecule has 4 aromatic carbocycles. The van der Waals surface area contributed by atoms with Crippen LogP contribution in [-0.2, 0) is 25.7 Å². The highest BCUT2D eigenvalue weighted by atomic mass is 16.6. The molecule has 0 aliphatic heterocycles. The number of aryl methyl sites for hydroxylation is 5. The molecular formula is C45H42N2O4. The van der Waals surface area contributed by atoms with Crippen molar-refractivity contribution in [2.75, 3.05) is 0 Å². The van der Waals surface area contributed by atoms with Crippen molar-refractivity contribution in [2.24, 2.45) is 0 Å². The summed E-state index contributed by atoms with van der Waals surface area (Å²) in [6.07, 6.45) is 17.7. The largest absolute Gasteiger partial charge is 0.270 e. The molecule has 0 radical (unpaired) electrons. The first-order valence-electron chi connectivity index (χ1n) is 17.4. The number of terminal acetylenes is 1. The van der Waals surface area contributed by atoms with Gasteiger partial charge in [0.1, 0.15) is 0 Å². The van der Waals surface area contributed by atoms with E-state index in [4.69, 9.17) is 6.42 Å². The summed E-state index contributed by atoms with van der Waals surface area (Å²) in [5, 5.41) is 20.9. The Morgan fingerprint density at radius 1 is 0.549 bits per heavy atom. The Morgan fingerprint density at radius 2 is 0.980 bits per heavy atom. The number of non-ortho nitro benzene ring substituents is 2. The summed E-state index contributed by atoms with van der Waals surface area (Å²) in [6.45, 7) is 1.83. The second-order valence-corrected chi connectivity index (χ2v) is 12.4. The zero-order valence-electron chi connectivity index (χ0n) is 29.2. The molecule has 0 bridgehead atoms. The van der Waals surface area contributed by atoms with Crippen molar-refractivity contribution in [1.82, 2.24) is 0 Å². The third kappa shape index (κ3) is 13.0. The van der Waals surface area contributed by atoms with Crippen LogP contribution >= 0.6 is 0 Å². The zero-order valence-corrected chi connectivity index (χ0v) is 29.2. The Morgan fingerprint density at radius 3 is 1.37 bits per heavy atom. The Kier molecular flexibility index (Phi) is 15.1. The first-order valence-corrected chi connectivity index (χ1v) is 17.4. The molecule has 0 amide bonds. The van der Waals surface area contributed by atoms with E-state index in [9.17, 15) is 20.2 Å². The molecule has 4 aromatic rings. The van der Waals surface area contributed by atoms with Gasteiger partial charge >= 0.3 is 0 Å². The van der Waals surface area contributed by atoms with Crippen molar-refractivity contribution >= 4 is 11.4 Å². The van der Waals surface area contributed by atoms with Gasteiger partial charge in [-0.05, 0) is 116 Å². The van der Waals surface area contributed by atoms with Crippen LogP contribution in [0.3, 0.4) is 0 Å². The highest BCUT2D eigenvalue weighted by Crippen LogP contribution is 2.24. The monoisotopic (exact) mass is 674 g/mol. The minimum absolute atomic E-state index is 0.0814. The summed E-state index contributed by atoms with van der Waals surface area (Å²) >= 11 is 0. The van der Waals surface area contributed by atoms with Gasteiger partial charge in [-0.3, -0.25) is 20.2 Å². The fraction of sp³-hybridized carbons (Fsp3) is 0.289. The van der Waals surface area contributed by atoms with E-state index in [0.29, 0.717) is 5.56 Å². The molecule has 256 valence electrons. The van der Waals surface area contributed by atoms with Gasteiger partial charge in [0.25, 0.3) is 11.4 Å². The molecule has 0 aromatic heterocycles. The minimum atomic E-state index is -0.400. The van der Waals surface area contributed by atoms with Crippen LogP contribution in [0.15, 0.2) is 84.9 Å². The number of hydrogen-bond acceptors (Lipinski definition) is 4. The summed E-state index contributed by atoms with van der Waals surface area (Å²) in [4.78, 5) is 20.1. The van der Waals surface area contributed by atoms with Crippen LogP contribution in [0.5, 0.6) is 0 Å². The number of hydrogen-bond donors (Lipinski definition) is 0. The molecule has 0 atom stereocenters. The topological polar surface area (TPSA) is 86.3 Å². The van der Waals surface area contributed by atoms with Crippen LogP contribution in [0.4, 0.5) is 11.4 Å². The molecule has 0 fully saturated rings. The van der Waals surface area contributed by atoms with E-state index in [2.05, 4.69) is 77.8 Å². The number of unbranched alkanes of at least 4 members (excludes halogenated alkanes) is 6. The van der Waals surface area contributed by atoms with E-state index in [1.54, 1.807) is 24.3 Å². The molecule has 0 heterocycles. The lowest BCUT2D eigenvalue weighted by Crippen LogP contribution is -2.07. The van der Waals surface area contributed by atoms with Gasteiger partial charge in [-0.15, -0.1) is 12.3 Å². The van der Waals surface area contributed by atoms with Crippen molar-refractivity contribution in [1.29, 1.82) is 0 Å². The van der Waals surface area contributed by atoms with Crippen LogP contribution in [0.1, 0.15) is 95.9 Å². The molecule has 6 rings (SSSR count). The number of nitro benzene ring substituents is 2. The molecular weight excluding hydrogens is 633 g/mol. The van der Waals surface area contributed by atoms with Gasteiger partial charge in [-0.25, -0.2) is 0 Å². The smallest absolute Gasteiger partial charge is 0.258 e. The Labute approximate surface area is 302 Å². The summed E-state index contributed by atoms with van der Waals surface area (Å²) in [5.41, 5.74) is 10.0. The Bertz CT molecular complexity index is 2070. The van der Waals surface area contributed by atoms with Crippen LogP contribution in [0.2, 0.25) is 0 Å². The van der Waals surface area contributed by atoms with Gasteiger partial charge in [0.2, 0.25) is 0 Å². The molecule has 0 N–H and O–H groups in total. The first-order chi connectivity index (χ1) is 24.8. The van der Waals surface area contributed by atoms with Crippen LogP contribution in [-0.4, -0.2) is 9.85 Å². The Balaban J connectivity index is 0.000000191. The Hall–Kier alpha value is -6.08. The lowest BCUT2D eigenvalue weighted by atomic mass is 9.87. The third-order valence-corrected chi connectivity index (χ3v) is 8.43. The lowest BCUT2D eigenvalue weighted by Gasteiger charge is -2.17. The predicted molar refractivity (Wildman–Crippen MR) is 205 cm³/mol. The van der Waals surface area contributed by atoms with Crippen molar-refractivity contribution in [3.05, 3.63) is 150 Å². The average Bonchev–Trinajstić information content (AvgIpc) is 3.10. The zero-order chi connectivity index (χ0) is 36.3. The summed E-state index contributed by atoms with van der Waals surface area (Å²) < 4.78 is 0. The van der Waals surface area contributed by atoms with E-state index in [-0.39, 0.29) is 11.4 Å². The third-order valence-electron chi connectivity index (χ3n) is 8.43. The van der Waals surface area contributed by atoms with E-state index in [1.165, 1.54) is 66.1 Å². The second kappa shape index (κ2) is 20.4. The quantitative estimate of drug-likeness (QED) is 0.0806. The number of nitro groups is 2. The van der Waals surface area contributed by atoms with Crippen molar-refractivity contribution in [2.45, 2.75) is 84.0 Å². The maximum atomic E-state index is 10.7. The fourth-order valence-electron chi connectivity index (χ4n) is 5.35. The molecule has 6 nitrogen and oxygen atoms in total. The summed E-state index contributed by atoms with van der Waals surface area (Å²) in [7, 11) is 0. The van der Waals surface area contributed by atoms with Gasteiger partial charge in [0.05, 0.1) is 9.85 Å². The predicted octanol–water partition coefficient (Wildman–Crippen LogP) is 9.89. The van der Waals surface area contributed by atoms with E-state index >= 15 is 0 Å². The summed E-state index contributed by atoms with van der Waals surface area (Å²) in [5.74, 6) is 21.6. The van der Waals surface area contributed by atoms with Crippen molar-refractivity contribution in [3.8, 4) is 47.9 Å². The molecule has 6 heteroatoms. The molecule has 2 aliphatic rings. The SMILES string of the molecule is C#CCCCCC#Cc1ccc2c(c1)CC2.Cc1cccc([N+](=O)[O-])c1.O=[N+]([O-])c1cccc(C#CCCCCC#Cc2ccc3c(c2)CC3)c1. The van der Waals surface area contributed by atoms with Gasteiger partial charge in [-0.1, -0.05) is 65.9 Å². The average molecular weight is 675 g/mol. The minimum Gasteiger partial charge on any atom is -0.258 e. The van der Waals surface area contributed by atoms with Crippen molar-refractivity contribution < 1.29 is 9.85 Å². The van der Waals surface area contributed by atoms with Crippen LogP contribution < -0.4 is 0 Å². The highest BCUT2D eigenvalue weighted by Gasteiger charge is 2.12. The normalized spacial score (nSPS) is 11.0. The first kappa shape index (κ1) is 37.7. The number of benzene rings is 4. The molecule has 0 saturated heterocycles. The van der Waals surface area contributed by atoms with E-state index in [1.807, 2.05) is 13.0 Å². The van der Waals surface area contributed by atoms with Crippen LogP contribution in [0.25, 0.3) is 0 Å². The van der Waals surface area contributed by atoms with E-state index in [0.717, 1.165) is 68.1 Å². The van der Waals surface area contributed by atoms with Gasteiger partial charge in [-0.2, -0.15) is 0 Å². The lowest BCUT2D eigenvalue weighted by molar-refractivity contribution is -0.385. The molecule has 0 unspecified atom stereocenters. The standard InChI is InChI=1S/C22H19NO2.C16H16.C7H7NO2/c24-23(25)22-11-7-10-18(17-22)8-5-3-1-2-4-6-9-19-12-13-20-14-15-21(20)16-19;1-2-3-4-5-6-7-8-14-9-10-15-11-12-16(15)13-14;1-6-3-2-4-7(5-6)8(9)10/h7,10-13,16-17H,1-4,14-15H2;1,9-10,13H,3-6,11-12H2;2-5H,1H3. The fourth-order valence-corrected chi connectivity index (χ4v) is 5.35. The summed E-state index contributed by atoms with van der Waals surface area (Å²) in [6, 6.07) is 26.0. The maximum absolute atomic E-state index is 10.7. The molecule has 2 aliphatic carbocycles. The molecule has 0 saturated carbocycles. The molecule has 0 spiro atoms. The second-order valence-electron chi connectivity index (χ2n) is 12.4. The highest BCUT2D eigenvalue weighted by molar-refractivity contribution is 5.46. The van der Waals surface area contributed by atoms with Gasteiger partial charge in [0.15, 0.2) is 0 Å². The van der Waals surface area contributed by atoms with Gasteiger partial charge in [0, 0.05) is 66.6 Å². The maximum Gasteiger partial charge on any atom is 0.270 e. The van der Waals surface area contributed by atoms with Gasteiger partial charge < -0.3 is 0 Å². The number of fused-ring (bicyclic) bond motifs is 2. The number of rotatable bonds is 8. The number of nitrogens with zero attached hydrogens (tertiary/aromatic N) is 2. The van der Waals surface area contributed by atoms with E-state index < -0.39 is 9.85 Å². The van der Waals surface area contributed by atoms with Crippen LogP contribution in [0, 0.1) is 75.0 Å². The molecule has 51 heavy (non-hydrogen) atoms. The van der Waals surface area contributed by atoms with Crippen molar-refractivity contribution in [3.63, 3.8) is 0 Å².